The van der Waals surface area contributed by atoms with Gasteiger partial charge in [0.25, 0.3) is 0 Å². The van der Waals surface area contributed by atoms with Crippen molar-refractivity contribution < 1.29 is 4.79 Å². The van der Waals surface area contributed by atoms with Crippen molar-refractivity contribution in [2.45, 2.75) is 13.8 Å². The molecule has 2 heteroatoms. The van der Waals surface area contributed by atoms with Crippen molar-refractivity contribution in [2.24, 2.45) is 0 Å². The van der Waals surface area contributed by atoms with Crippen LogP contribution in [-0.2, 0) is 4.79 Å². The molecular formula is C4H8OS. The lowest BCUT2D eigenvalue weighted by molar-refractivity contribution is -0.106. The Bertz CT molecular complexity index is 28.5. The van der Waals surface area contributed by atoms with Crippen LogP contribution < -0.4 is 0 Å². The van der Waals surface area contributed by atoms with Gasteiger partial charge >= 0.3 is 0 Å². The third-order valence-electron chi connectivity index (χ3n) is 0. The highest BCUT2D eigenvalue weighted by atomic mass is 32.1. The van der Waals surface area contributed by atoms with Gasteiger partial charge in [-0.2, -0.15) is 0 Å². The molecule has 0 saturated heterocycles. The molecule has 0 aliphatic heterocycles. The van der Waals surface area contributed by atoms with E-state index in [4.69, 9.17) is 4.79 Å². The van der Waals surface area contributed by atoms with Crippen LogP contribution in [0.4, 0.5) is 0 Å². The predicted octanol–water partition coefficient (Wildman–Crippen LogP) is 1.21. The van der Waals surface area contributed by atoms with Gasteiger partial charge < -0.3 is 4.79 Å². The van der Waals surface area contributed by atoms with Crippen molar-refractivity contribution in [3.8, 4) is 0 Å². The molecule has 0 aliphatic carbocycles. The number of rotatable bonds is 0. The fourth-order valence-corrected chi connectivity index (χ4v) is 0. The summed E-state index contributed by atoms with van der Waals surface area (Å²) < 4.78 is 0. The smallest absolute Gasteiger partial charge is 0.116 e. The summed E-state index contributed by atoms with van der Waals surface area (Å²) in [4.78, 5) is 8.81. The van der Waals surface area contributed by atoms with Gasteiger partial charge in [0.2, 0.25) is 0 Å². The molecule has 0 amide bonds. The first-order chi connectivity index (χ1) is 2.83. The second-order valence-corrected chi connectivity index (χ2v) is 0.943. The first-order valence-electron chi connectivity index (χ1n) is 1.63. The van der Waals surface area contributed by atoms with Gasteiger partial charge in [-0.25, -0.2) is 0 Å². The molecule has 0 heterocycles. The highest BCUT2D eigenvalue weighted by Gasteiger charge is 1.24. The molecule has 0 aromatic rings. The lowest BCUT2D eigenvalue weighted by Crippen LogP contribution is -1.36. The minimum absolute atomic E-state index is 0.750. The van der Waals surface area contributed by atoms with Crippen molar-refractivity contribution in [3.05, 3.63) is 0 Å². The van der Waals surface area contributed by atoms with Crippen molar-refractivity contribution in [3.63, 3.8) is 0 Å². The largest absolute Gasteiger partial charge is 0.304 e. The average Bonchev–Trinajstić information content (AvgIpc) is 1.39. The van der Waals surface area contributed by atoms with E-state index < -0.39 is 0 Å². The second kappa shape index (κ2) is 21.7. The van der Waals surface area contributed by atoms with Crippen molar-refractivity contribution in [1.29, 1.82) is 0 Å². The lowest BCUT2D eigenvalue weighted by Gasteiger charge is -1.26. The molecule has 0 atom stereocenters. The topological polar surface area (TPSA) is 17.1 Å². The molecule has 6 heavy (non-hydrogen) atoms. The Hall–Kier alpha value is -0.240. The molecule has 0 bridgehead atoms. The summed E-state index contributed by atoms with van der Waals surface area (Å²) in [5.41, 5.74) is 0. The number of aldehydes is 1. The number of hydrogen-bond acceptors (Lipinski definition) is 2. The zero-order chi connectivity index (χ0) is 5.41. The summed E-state index contributed by atoms with van der Waals surface area (Å²) in [7, 11) is 0. The standard InChI is InChI=1S/C2H4O.C2H4S/c2*1-2-3/h2*2H,1H3. The van der Waals surface area contributed by atoms with E-state index in [-0.39, 0.29) is 0 Å². The highest BCUT2D eigenvalue weighted by molar-refractivity contribution is 7.78. The van der Waals surface area contributed by atoms with Gasteiger partial charge in [-0.1, -0.05) is 12.2 Å². The van der Waals surface area contributed by atoms with E-state index in [0.717, 1.165) is 6.29 Å². The van der Waals surface area contributed by atoms with Crippen LogP contribution in [0.2, 0.25) is 0 Å². The molecule has 0 unspecified atom stereocenters. The third-order valence-corrected chi connectivity index (χ3v) is 0. The van der Waals surface area contributed by atoms with E-state index in [9.17, 15) is 0 Å². The molecule has 0 aromatic heterocycles. The van der Waals surface area contributed by atoms with E-state index in [1.165, 1.54) is 6.92 Å². The molecule has 36 valence electrons. The van der Waals surface area contributed by atoms with E-state index in [1.54, 1.807) is 5.37 Å². The van der Waals surface area contributed by atoms with Gasteiger partial charge in [0.1, 0.15) is 6.29 Å². The quantitative estimate of drug-likeness (QED) is 0.339. The Morgan fingerprint density at radius 3 is 1.50 bits per heavy atom. The molecule has 0 rings (SSSR count). The van der Waals surface area contributed by atoms with Crippen LogP contribution >= 0.6 is 12.2 Å². The number of carbonyl (C=O) groups excluding carboxylic acids is 1. The average molecular weight is 104 g/mol. The summed E-state index contributed by atoms with van der Waals surface area (Å²) in [6, 6.07) is 0. The molecule has 0 spiro atoms. The molecular weight excluding hydrogens is 96.1 g/mol. The minimum atomic E-state index is 0.750. The third kappa shape index (κ3) is 497. The molecule has 0 fully saturated rings. The maximum atomic E-state index is 8.81. The molecule has 0 N–H and O–H groups in total. The summed E-state index contributed by atoms with van der Waals surface area (Å²) in [6.45, 7) is 3.26. The molecule has 0 saturated carbocycles. The monoisotopic (exact) mass is 104 g/mol. The van der Waals surface area contributed by atoms with Crippen LogP contribution in [-0.4, -0.2) is 11.7 Å². The van der Waals surface area contributed by atoms with Crippen LogP contribution in [0.25, 0.3) is 0 Å². The molecule has 0 aliphatic rings. The Balaban J connectivity index is 0. The fourth-order valence-electron chi connectivity index (χ4n) is 0. The minimum Gasteiger partial charge on any atom is -0.304 e. The van der Waals surface area contributed by atoms with Crippen LogP contribution in [0.15, 0.2) is 0 Å². The van der Waals surface area contributed by atoms with Gasteiger partial charge in [0, 0.05) is 0 Å². The van der Waals surface area contributed by atoms with Gasteiger partial charge in [0.05, 0.1) is 0 Å². The zero-order valence-electron chi connectivity index (χ0n) is 3.97. The Morgan fingerprint density at radius 2 is 1.50 bits per heavy atom. The summed E-state index contributed by atoms with van der Waals surface area (Å²) in [6.07, 6.45) is 0.750. The maximum absolute atomic E-state index is 8.81. The van der Waals surface area contributed by atoms with Crippen molar-refractivity contribution in [1.82, 2.24) is 0 Å². The first kappa shape index (κ1) is 9.23. The van der Waals surface area contributed by atoms with Crippen LogP contribution in [0, 0.1) is 0 Å². The number of thiocarbonyl (C=S) groups is 1. The van der Waals surface area contributed by atoms with Gasteiger partial charge in [-0.15, -0.1) is 0 Å². The normalized spacial score (nSPS) is 4.33. The Morgan fingerprint density at radius 1 is 1.50 bits per heavy atom. The Kier molecular flexibility index (Phi) is 33.4. The number of carbonyl (C=O) groups is 1. The van der Waals surface area contributed by atoms with Crippen LogP contribution in [0.5, 0.6) is 0 Å². The van der Waals surface area contributed by atoms with E-state index in [0.29, 0.717) is 0 Å². The van der Waals surface area contributed by atoms with Crippen molar-refractivity contribution in [2.75, 3.05) is 0 Å². The SMILES string of the molecule is CC=O.CC=S. The maximum Gasteiger partial charge on any atom is 0.116 e. The van der Waals surface area contributed by atoms with Crippen LogP contribution in [0.3, 0.4) is 0 Å². The Labute approximate surface area is 43.4 Å². The van der Waals surface area contributed by atoms with Gasteiger partial charge in [0.15, 0.2) is 0 Å². The fraction of sp³-hybridized carbons (Fsp3) is 0.500. The zero-order valence-corrected chi connectivity index (χ0v) is 4.79. The first-order valence-corrected chi connectivity index (χ1v) is 2.10. The van der Waals surface area contributed by atoms with Crippen LogP contribution in [0.1, 0.15) is 13.8 Å². The summed E-state index contributed by atoms with van der Waals surface area (Å²) >= 11 is 4.27. The number of hydrogen-bond donors (Lipinski definition) is 0. The summed E-state index contributed by atoms with van der Waals surface area (Å²) in [5.74, 6) is 0. The van der Waals surface area contributed by atoms with E-state index in [1.807, 2.05) is 6.92 Å². The highest BCUT2D eigenvalue weighted by Crippen LogP contribution is 1.32. The van der Waals surface area contributed by atoms with Gasteiger partial charge in [-0.3, -0.25) is 0 Å². The second-order valence-electron chi connectivity index (χ2n) is 0.471. The summed E-state index contributed by atoms with van der Waals surface area (Å²) in [5, 5.41) is 1.58. The molecule has 1 nitrogen and oxygen atoms in total. The predicted molar refractivity (Wildman–Crippen MR) is 31.1 cm³/mol. The van der Waals surface area contributed by atoms with E-state index in [2.05, 4.69) is 12.2 Å². The van der Waals surface area contributed by atoms with Gasteiger partial charge in [-0.05, 0) is 19.2 Å². The molecule has 0 aromatic carbocycles. The van der Waals surface area contributed by atoms with Crippen molar-refractivity contribution >= 4 is 23.9 Å². The lowest BCUT2D eigenvalue weighted by atomic mass is 11.0. The molecule has 0 radical (unpaired) electrons. The van der Waals surface area contributed by atoms with E-state index >= 15 is 0 Å².